The Hall–Kier alpha value is -2.92. The summed E-state index contributed by atoms with van der Waals surface area (Å²) in [5, 5.41) is 6.05. The number of nitrogens with zero attached hydrogens (tertiary/aromatic N) is 2. The normalized spacial score (nSPS) is 32.5. The summed E-state index contributed by atoms with van der Waals surface area (Å²) < 4.78 is 5.79. The van der Waals surface area contributed by atoms with Crippen LogP contribution in [0.5, 0.6) is 5.75 Å². The van der Waals surface area contributed by atoms with E-state index in [0.29, 0.717) is 29.2 Å². The van der Waals surface area contributed by atoms with E-state index in [-0.39, 0.29) is 35.5 Å². The summed E-state index contributed by atoms with van der Waals surface area (Å²) in [5.41, 5.74) is 1.72. The van der Waals surface area contributed by atoms with Gasteiger partial charge in [-0.2, -0.15) is 10.1 Å². The van der Waals surface area contributed by atoms with E-state index in [1.807, 2.05) is 48.5 Å². The maximum Gasteiger partial charge on any atom is 0.254 e. The highest BCUT2D eigenvalue weighted by molar-refractivity contribution is 6.31. The number of carbonyl (C=O) groups excluding carboxylic acids is 2. The minimum absolute atomic E-state index is 0.143. The summed E-state index contributed by atoms with van der Waals surface area (Å²) in [6.07, 6.45) is 7.06. The van der Waals surface area contributed by atoms with Gasteiger partial charge >= 0.3 is 0 Å². The smallest absolute Gasteiger partial charge is 0.254 e. The lowest BCUT2D eigenvalue weighted by Crippen LogP contribution is -2.40. The second-order valence-corrected chi connectivity index (χ2v) is 9.24. The predicted molar refractivity (Wildman–Crippen MR) is 116 cm³/mol. The molecule has 0 aromatic heterocycles. The number of hydrogen-bond donors (Lipinski definition) is 0. The van der Waals surface area contributed by atoms with E-state index in [2.05, 4.69) is 17.3 Å². The van der Waals surface area contributed by atoms with Crippen molar-refractivity contribution in [3.63, 3.8) is 0 Å². The van der Waals surface area contributed by atoms with Gasteiger partial charge in [-0.3, -0.25) is 9.59 Å². The van der Waals surface area contributed by atoms with Crippen LogP contribution in [0.2, 0.25) is 5.02 Å². The Morgan fingerprint density at radius 1 is 0.968 bits per heavy atom. The number of hydrogen-bond acceptors (Lipinski definition) is 4. The van der Waals surface area contributed by atoms with E-state index in [1.165, 1.54) is 0 Å². The van der Waals surface area contributed by atoms with Gasteiger partial charge in [-0.15, -0.1) is 0 Å². The van der Waals surface area contributed by atoms with Crippen LogP contribution in [-0.4, -0.2) is 23.0 Å². The molecule has 5 aliphatic rings. The van der Waals surface area contributed by atoms with Crippen molar-refractivity contribution in [3.8, 4) is 5.75 Å². The molecule has 5 nitrogen and oxygen atoms in total. The van der Waals surface area contributed by atoms with Gasteiger partial charge in [0.1, 0.15) is 12.4 Å². The first kappa shape index (κ1) is 18.8. The molecule has 2 saturated carbocycles. The molecule has 4 aliphatic carbocycles. The number of imide groups is 1. The molecule has 1 aliphatic heterocycles. The van der Waals surface area contributed by atoms with E-state index in [4.69, 9.17) is 16.3 Å². The van der Waals surface area contributed by atoms with Gasteiger partial charge in [0.05, 0.1) is 18.1 Å². The van der Waals surface area contributed by atoms with Crippen LogP contribution in [0.3, 0.4) is 0 Å². The molecule has 0 spiro atoms. The Bertz CT molecular complexity index is 1090. The average Bonchev–Trinajstić information content (AvgIpc) is 3.57. The summed E-state index contributed by atoms with van der Waals surface area (Å²) >= 11 is 6.16. The second-order valence-electron chi connectivity index (χ2n) is 8.84. The van der Waals surface area contributed by atoms with E-state index in [9.17, 15) is 9.59 Å². The second kappa shape index (κ2) is 7.06. The van der Waals surface area contributed by atoms with Gasteiger partial charge in [0.25, 0.3) is 11.8 Å². The Kier molecular flexibility index (Phi) is 4.29. The molecule has 31 heavy (non-hydrogen) atoms. The molecule has 2 amide bonds. The Morgan fingerprint density at radius 3 is 2.26 bits per heavy atom. The first-order valence-electron chi connectivity index (χ1n) is 10.7. The molecule has 6 heteroatoms. The minimum Gasteiger partial charge on any atom is -0.489 e. The number of halogens is 1. The number of allylic oxidation sites excluding steroid dienone is 2. The van der Waals surface area contributed by atoms with Crippen LogP contribution in [0, 0.1) is 35.5 Å². The predicted octanol–water partition coefficient (Wildman–Crippen LogP) is 4.31. The highest BCUT2D eigenvalue weighted by Gasteiger charge is 2.67. The summed E-state index contributed by atoms with van der Waals surface area (Å²) in [5.74, 6) is 1.60. The van der Waals surface area contributed by atoms with Crippen LogP contribution in [0.25, 0.3) is 0 Å². The van der Waals surface area contributed by atoms with Gasteiger partial charge in [-0.25, -0.2) is 0 Å². The highest BCUT2D eigenvalue weighted by Crippen LogP contribution is 2.65. The molecule has 1 heterocycles. The summed E-state index contributed by atoms with van der Waals surface area (Å²) in [7, 11) is 0. The molecule has 0 unspecified atom stereocenters. The first-order chi connectivity index (χ1) is 15.1. The van der Waals surface area contributed by atoms with Crippen molar-refractivity contribution in [1.29, 1.82) is 0 Å². The van der Waals surface area contributed by atoms with Crippen LogP contribution in [-0.2, 0) is 16.2 Å². The SMILES string of the molecule is O=C1[C@@H]2[C@H]3C=C[C@@H]([C@@H]4C[C@H]34)[C@H]2C(=O)N1N=Cc1ccc(OCc2ccccc2Cl)cc1. The topological polar surface area (TPSA) is 59.0 Å². The largest absolute Gasteiger partial charge is 0.489 e. The molecule has 1 saturated heterocycles. The van der Waals surface area contributed by atoms with Crippen molar-refractivity contribution in [2.45, 2.75) is 13.0 Å². The highest BCUT2D eigenvalue weighted by atomic mass is 35.5. The summed E-state index contributed by atoms with van der Waals surface area (Å²) in [6.45, 7) is 0.380. The van der Waals surface area contributed by atoms with Crippen molar-refractivity contribution in [2.75, 3.05) is 0 Å². The zero-order valence-corrected chi connectivity index (χ0v) is 17.5. The zero-order valence-electron chi connectivity index (χ0n) is 16.7. The Balaban J connectivity index is 1.13. The average molecular weight is 433 g/mol. The van der Waals surface area contributed by atoms with Crippen molar-refractivity contribution >= 4 is 29.6 Å². The lowest BCUT2D eigenvalue weighted by molar-refractivity contribution is -0.140. The minimum atomic E-state index is -0.219. The third kappa shape index (κ3) is 3.02. The fraction of sp³-hybridized carbons (Fsp3) is 0.320. The zero-order chi connectivity index (χ0) is 21.1. The van der Waals surface area contributed by atoms with Crippen LogP contribution in [0.4, 0.5) is 0 Å². The lowest BCUT2D eigenvalue weighted by atomic mass is 9.63. The third-order valence-electron chi connectivity index (χ3n) is 7.19. The molecule has 2 aromatic carbocycles. The van der Waals surface area contributed by atoms with Crippen LogP contribution >= 0.6 is 11.6 Å². The number of rotatable bonds is 5. The third-order valence-corrected chi connectivity index (χ3v) is 7.56. The molecular formula is C25H21ClN2O3. The van der Waals surface area contributed by atoms with E-state index >= 15 is 0 Å². The summed E-state index contributed by atoms with van der Waals surface area (Å²) in [4.78, 5) is 25.9. The van der Waals surface area contributed by atoms with Crippen molar-refractivity contribution in [1.82, 2.24) is 5.01 Å². The molecular weight excluding hydrogens is 412 g/mol. The maximum atomic E-state index is 13.0. The van der Waals surface area contributed by atoms with Crippen molar-refractivity contribution in [3.05, 3.63) is 76.8 Å². The maximum absolute atomic E-state index is 13.0. The van der Waals surface area contributed by atoms with Gasteiger partial charge in [0.2, 0.25) is 0 Å². The first-order valence-corrected chi connectivity index (χ1v) is 11.1. The van der Waals surface area contributed by atoms with Gasteiger partial charge < -0.3 is 4.74 Å². The van der Waals surface area contributed by atoms with E-state index in [0.717, 1.165) is 22.6 Å². The van der Waals surface area contributed by atoms with Gasteiger partial charge in [-0.1, -0.05) is 42.0 Å². The standard InChI is InChI=1S/C25H21ClN2O3/c26-21-4-2-1-3-15(21)13-31-16-7-5-14(6-8-16)12-27-28-24(29)22-17-9-10-18(20-11-19(17)20)23(22)25(28)30/h1-10,12,17-20,22-23H,11,13H2/t17-,18-,19-,20+,22+,23+/m0/s1. The number of amides is 2. The number of carbonyl (C=O) groups is 2. The Labute approximate surface area is 185 Å². The van der Waals surface area contributed by atoms with Crippen LogP contribution in [0.15, 0.2) is 65.8 Å². The van der Waals surface area contributed by atoms with Gasteiger partial charge in [0, 0.05) is 10.6 Å². The van der Waals surface area contributed by atoms with Crippen LogP contribution in [0.1, 0.15) is 17.5 Å². The molecule has 156 valence electrons. The molecule has 2 aromatic rings. The molecule has 6 atom stereocenters. The number of ether oxygens (including phenoxy) is 1. The van der Waals surface area contributed by atoms with Crippen LogP contribution < -0.4 is 4.74 Å². The fourth-order valence-corrected chi connectivity index (χ4v) is 5.80. The molecule has 7 rings (SSSR count). The lowest BCUT2D eigenvalue weighted by Gasteiger charge is -2.37. The van der Waals surface area contributed by atoms with Gasteiger partial charge in [-0.05, 0) is 66.0 Å². The molecule has 2 bridgehead atoms. The van der Waals surface area contributed by atoms with E-state index < -0.39 is 0 Å². The molecule has 3 fully saturated rings. The molecule has 0 N–H and O–H groups in total. The summed E-state index contributed by atoms with van der Waals surface area (Å²) in [6, 6.07) is 14.9. The monoisotopic (exact) mass is 432 g/mol. The quantitative estimate of drug-likeness (QED) is 0.402. The van der Waals surface area contributed by atoms with Crippen molar-refractivity contribution in [2.24, 2.45) is 40.6 Å². The van der Waals surface area contributed by atoms with Gasteiger partial charge in [0.15, 0.2) is 0 Å². The number of hydrazone groups is 1. The number of benzene rings is 2. The molecule has 0 radical (unpaired) electrons. The van der Waals surface area contributed by atoms with Crippen molar-refractivity contribution < 1.29 is 14.3 Å². The van der Waals surface area contributed by atoms with E-state index in [1.54, 1.807) is 6.21 Å². The Morgan fingerprint density at radius 2 is 1.61 bits per heavy atom. The fourth-order valence-electron chi connectivity index (χ4n) is 5.61.